The van der Waals surface area contributed by atoms with Crippen molar-refractivity contribution in [3.8, 4) is 16.9 Å². The molecule has 0 fully saturated rings. The second kappa shape index (κ2) is 9.57. The van der Waals surface area contributed by atoms with E-state index in [0.717, 1.165) is 28.1 Å². The van der Waals surface area contributed by atoms with Crippen molar-refractivity contribution in [1.82, 2.24) is 20.1 Å². The maximum absolute atomic E-state index is 12.5. The van der Waals surface area contributed by atoms with Gasteiger partial charge in [0.15, 0.2) is 5.13 Å². The smallest absolute Gasteiger partial charge is 0.230 e. The van der Waals surface area contributed by atoms with Crippen LogP contribution in [0.25, 0.3) is 16.9 Å². The zero-order valence-corrected chi connectivity index (χ0v) is 18.6. The van der Waals surface area contributed by atoms with E-state index in [1.165, 1.54) is 18.3 Å². The summed E-state index contributed by atoms with van der Waals surface area (Å²) in [7, 11) is 0. The van der Waals surface area contributed by atoms with Crippen LogP contribution in [0.3, 0.4) is 0 Å². The lowest BCUT2D eigenvalue weighted by molar-refractivity contribution is -0.119. The van der Waals surface area contributed by atoms with Crippen LogP contribution in [-0.4, -0.2) is 26.6 Å². The first-order valence-corrected chi connectivity index (χ1v) is 11.1. The second-order valence-corrected chi connectivity index (χ2v) is 8.29. The van der Waals surface area contributed by atoms with E-state index in [4.69, 9.17) is 0 Å². The topological polar surface area (TPSA) is 88.9 Å². The van der Waals surface area contributed by atoms with Gasteiger partial charge in [0.05, 0.1) is 30.0 Å². The van der Waals surface area contributed by atoms with Gasteiger partial charge in [-0.3, -0.25) is 9.59 Å². The molecule has 4 aromatic rings. The number of amides is 2. The Bertz CT molecular complexity index is 1210. The lowest BCUT2D eigenvalue weighted by Crippen LogP contribution is -2.23. The van der Waals surface area contributed by atoms with Gasteiger partial charge >= 0.3 is 0 Å². The van der Waals surface area contributed by atoms with Crippen molar-refractivity contribution < 1.29 is 9.59 Å². The van der Waals surface area contributed by atoms with Gasteiger partial charge in [-0.1, -0.05) is 42.5 Å². The SMILES string of the molecule is CC(=O)NC(C)c1ccc(-c2csc(NC(=O)Cc3cnn(-c4ccccc4)c3)n2)cc1. The summed E-state index contributed by atoms with van der Waals surface area (Å²) >= 11 is 1.38. The summed E-state index contributed by atoms with van der Waals surface area (Å²) in [4.78, 5) is 28.2. The van der Waals surface area contributed by atoms with E-state index in [-0.39, 0.29) is 24.3 Å². The minimum atomic E-state index is -0.141. The maximum atomic E-state index is 12.5. The molecule has 7 nitrogen and oxygen atoms in total. The monoisotopic (exact) mass is 445 g/mol. The maximum Gasteiger partial charge on any atom is 0.230 e. The molecule has 8 heteroatoms. The van der Waals surface area contributed by atoms with E-state index in [1.54, 1.807) is 10.9 Å². The Balaban J connectivity index is 1.36. The van der Waals surface area contributed by atoms with E-state index in [9.17, 15) is 9.59 Å². The molecule has 2 heterocycles. The fourth-order valence-corrected chi connectivity index (χ4v) is 4.05. The standard InChI is InChI=1S/C24H23N5O2S/c1-16(26-17(2)30)19-8-10-20(11-9-19)22-15-32-24(27-22)28-23(31)12-18-13-25-29(14-18)21-6-4-3-5-7-21/h3-11,13-16H,12H2,1-2H3,(H,26,30)(H,27,28,31). The van der Waals surface area contributed by atoms with Crippen molar-refractivity contribution >= 4 is 28.3 Å². The minimum absolute atomic E-state index is 0.0573. The molecule has 2 aromatic heterocycles. The van der Waals surface area contributed by atoms with Gasteiger partial charge in [0, 0.05) is 24.1 Å². The van der Waals surface area contributed by atoms with E-state index in [0.29, 0.717) is 5.13 Å². The Morgan fingerprint density at radius 3 is 2.56 bits per heavy atom. The molecule has 0 aliphatic heterocycles. The van der Waals surface area contributed by atoms with Gasteiger partial charge in [0.25, 0.3) is 0 Å². The summed E-state index contributed by atoms with van der Waals surface area (Å²) in [6, 6.07) is 17.6. The predicted octanol–water partition coefficient (Wildman–Crippen LogP) is 4.37. The number of anilines is 1. The molecular weight excluding hydrogens is 422 g/mol. The molecule has 2 amide bonds. The zero-order chi connectivity index (χ0) is 22.5. The fourth-order valence-electron chi connectivity index (χ4n) is 3.32. The second-order valence-electron chi connectivity index (χ2n) is 7.44. The number of rotatable bonds is 7. The molecule has 2 N–H and O–H groups in total. The van der Waals surface area contributed by atoms with Crippen molar-refractivity contribution in [2.24, 2.45) is 0 Å². The summed E-state index contributed by atoms with van der Waals surface area (Å²) in [5.74, 6) is -0.202. The highest BCUT2D eigenvalue weighted by Gasteiger charge is 2.12. The Kier molecular flexibility index (Phi) is 6.42. The molecule has 4 rings (SSSR count). The Morgan fingerprint density at radius 2 is 1.84 bits per heavy atom. The molecular formula is C24H23N5O2S. The van der Waals surface area contributed by atoms with E-state index >= 15 is 0 Å². The highest BCUT2D eigenvalue weighted by Crippen LogP contribution is 2.26. The number of hydrogen-bond donors (Lipinski definition) is 2. The number of thiazole rings is 1. The lowest BCUT2D eigenvalue weighted by Gasteiger charge is -2.12. The number of carbonyl (C=O) groups is 2. The van der Waals surface area contributed by atoms with Crippen LogP contribution < -0.4 is 10.6 Å². The summed E-state index contributed by atoms with van der Waals surface area (Å²) < 4.78 is 1.75. The van der Waals surface area contributed by atoms with Crippen LogP contribution in [0.1, 0.15) is 31.0 Å². The number of hydrogen-bond acceptors (Lipinski definition) is 5. The molecule has 0 aliphatic rings. The van der Waals surface area contributed by atoms with Crippen molar-refractivity contribution in [2.75, 3.05) is 5.32 Å². The number of nitrogens with one attached hydrogen (secondary N) is 2. The molecule has 0 saturated carbocycles. The Morgan fingerprint density at radius 1 is 1.09 bits per heavy atom. The molecule has 32 heavy (non-hydrogen) atoms. The predicted molar refractivity (Wildman–Crippen MR) is 126 cm³/mol. The number of benzene rings is 2. The summed E-state index contributed by atoms with van der Waals surface area (Å²) in [5, 5.41) is 12.5. The molecule has 2 aromatic carbocycles. The fraction of sp³-hybridized carbons (Fsp3) is 0.167. The third-order valence-electron chi connectivity index (χ3n) is 4.90. The largest absolute Gasteiger partial charge is 0.350 e. The van der Waals surface area contributed by atoms with Crippen molar-refractivity contribution in [3.63, 3.8) is 0 Å². The van der Waals surface area contributed by atoms with Crippen molar-refractivity contribution in [3.05, 3.63) is 83.5 Å². The number of carbonyl (C=O) groups excluding carboxylic acids is 2. The molecule has 162 valence electrons. The van der Waals surface area contributed by atoms with Gasteiger partial charge in [0.2, 0.25) is 11.8 Å². The average Bonchev–Trinajstić information content (AvgIpc) is 3.44. The third-order valence-corrected chi connectivity index (χ3v) is 5.66. The third kappa shape index (κ3) is 5.28. The van der Waals surface area contributed by atoms with Gasteiger partial charge in [-0.15, -0.1) is 11.3 Å². The number of para-hydroxylation sites is 1. The highest BCUT2D eigenvalue weighted by atomic mass is 32.1. The summed E-state index contributed by atoms with van der Waals surface area (Å²) in [6.45, 7) is 3.45. The van der Waals surface area contributed by atoms with E-state index in [1.807, 2.05) is 73.1 Å². The minimum Gasteiger partial charge on any atom is -0.350 e. The van der Waals surface area contributed by atoms with E-state index < -0.39 is 0 Å². The van der Waals surface area contributed by atoms with Crippen molar-refractivity contribution in [1.29, 1.82) is 0 Å². The van der Waals surface area contributed by atoms with Crippen LogP contribution in [-0.2, 0) is 16.0 Å². The average molecular weight is 446 g/mol. The first-order chi connectivity index (χ1) is 15.5. The van der Waals surface area contributed by atoms with Crippen LogP contribution in [0.4, 0.5) is 5.13 Å². The number of nitrogens with zero attached hydrogens (tertiary/aromatic N) is 3. The summed E-state index contributed by atoms with van der Waals surface area (Å²) in [6.07, 6.45) is 3.77. The molecule has 1 unspecified atom stereocenters. The zero-order valence-electron chi connectivity index (χ0n) is 17.8. The number of aromatic nitrogens is 3. The molecule has 0 spiro atoms. The van der Waals surface area contributed by atoms with Gasteiger partial charge in [0.1, 0.15) is 0 Å². The molecule has 1 atom stereocenters. The van der Waals surface area contributed by atoms with Crippen molar-refractivity contribution in [2.45, 2.75) is 26.3 Å². The molecule has 0 saturated heterocycles. The Hall–Kier alpha value is -3.78. The lowest BCUT2D eigenvalue weighted by atomic mass is 10.1. The van der Waals surface area contributed by atoms with Gasteiger partial charge in [-0.2, -0.15) is 5.10 Å². The summed E-state index contributed by atoms with van der Waals surface area (Å²) in [5.41, 5.74) is 4.53. The van der Waals surface area contributed by atoms with E-state index in [2.05, 4.69) is 20.7 Å². The molecule has 0 bridgehead atoms. The first-order valence-electron chi connectivity index (χ1n) is 10.2. The van der Waals surface area contributed by atoms with Crippen LogP contribution in [0.2, 0.25) is 0 Å². The molecule has 0 aliphatic carbocycles. The van der Waals surface area contributed by atoms with Gasteiger partial charge < -0.3 is 10.6 Å². The Labute approximate surface area is 190 Å². The highest BCUT2D eigenvalue weighted by molar-refractivity contribution is 7.14. The van der Waals surface area contributed by atoms with Crippen LogP contribution in [0.15, 0.2) is 72.4 Å². The van der Waals surface area contributed by atoms with Crippen LogP contribution in [0, 0.1) is 0 Å². The normalized spacial score (nSPS) is 11.7. The van der Waals surface area contributed by atoms with Crippen LogP contribution in [0.5, 0.6) is 0 Å². The quantitative estimate of drug-likeness (QED) is 0.442. The first kappa shape index (κ1) is 21.5. The van der Waals surface area contributed by atoms with Gasteiger partial charge in [-0.05, 0) is 30.2 Å². The van der Waals surface area contributed by atoms with Gasteiger partial charge in [-0.25, -0.2) is 9.67 Å². The molecule has 0 radical (unpaired) electrons. The van der Waals surface area contributed by atoms with Crippen LogP contribution >= 0.6 is 11.3 Å².